The van der Waals surface area contributed by atoms with Gasteiger partial charge < -0.3 is 10.0 Å². The number of halogens is 2. The lowest BCUT2D eigenvalue weighted by atomic mass is 9.82. The van der Waals surface area contributed by atoms with Gasteiger partial charge in [0.15, 0.2) is 0 Å². The Bertz CT molecular complexity index is 269. The first-order valence-corrected chi connectivity index (χ1v) is 4.37. The molecule has 0 fully saturated rings. The minimum atomic E-state index is -1.49. The molecule has 0 aliphatic carbocycles. The van der Waals surface area contributed by atoms with Crippen molar-refractivity contribution in [2.24, 2.45) is 0 Å². The molecular formula is C5H4BBr2NO2. The Morgan fingerprint density at radius 1 is 1.36 bits per heavy atom. The van der Waals surface area contributed by atoms with Gasteiger partial charge >= 0.3 is 7.12 Å². The van der Waals surface area contributed by atoms with Gasteiger partial charge in [0.25, 0.3) is 0 Å². The molecule has 3 nitrogen and oxygen atoms in total. The Hall–Kier alpha value is 0.0949. The SMILES string of the molecule is OB(O)c1cc(Br)cnc1Br. The van der Waals surface area contributed by atoms with Crippen LogP contribution in [0.5, 0.6) is 0 Å². The molecule has 1 aromatic rings. The van der Waals surface area contributed by atoms with E-state index in [9.17, 15) is 0 Å². The van der Waals surface area contributed by atoms with Gasteiger partial charge in [-0.15, -0.1) is 0 Å². The molecule has 6 heteroatoms. The minimum Gasteiger partial charge on any atom is -0.423 e. The Morgan fingerprint density at radius 2 is 2.00 bits per heavy atom. The minimum absolute atomic E-state index is 0.347. The largest absolute Gasteiger partial charge is 0.491 e. The molecule has 1 rings (SSSR count). The lowest BCUT2D eigenvalue weighted by Gasteiger charge is -2.01. The van der Waals surface area contributed by atoms with Gasteiger partial charge in [-0.2, -0.15) is 0 Å². The number of hydrogen-bond donors (Lipinski definition) is 2. The fourth-order valence-electron chi connectivity index (χ4n) is 0.619. The first-order valence-electron chi connectivity index (χ1n) is 2.78. The van der Waals surface area contributed by atoms with E-state index in [0.717, 1.165) is 0 Å². The van der Waals surface area contributed by atoms with Crippen LogP contribution >= 0.6 is 31.9 Å². The maximum Gasteiger partial charge on any atom is 0.491 e. The van der Waals surface area contributed by atoms with Crippen molar-refractivity contribution in [3.63, 3.8) is 0 Å². The first kappa shape index (κ1) is 9.19. The number of pyridine rings is 1. The van der Waals surface area contributed by atoms with Gasteiger partial charge in [0.2, 0.25) is 0 Å². The Balaban J connectivity index is 3.13. The summed E-state index contributed by atoms with van der Waals surface area (Å²) in [6.45, 7) is 0. The molecule has 0 saturated carbocycles. The summed E-state index contributed by atoms with van der Waals surface area (Å²) in [5.41, 5.74) is 0.347. The predicted molar refractivity (Wildman–Crippen MR) is 49.5 cm³/mol. The summed E-state index contributed by atoms with van der Waals surface area (Å²) in [6, 6.07) is 1.59. The zero-order chi connectivity index (χ0) is 8.43. The second-order valence-electron chi connectivity index (χ2n) is 1.91. The number of aromatic nitrogens is 1. The Labute approximate surface area is 80.9 Å². The Kier molecular flexibility index (Phi) is 3.06. The monoisotopic (exact) mass is 279 g/mol. The summed E-state index contributed by atoms with van der Waals surface area (Å²) in [5, 5.41) is 17.6. The maximum atomic E-state index is 8.79. The van der Waals surface area contributed by atoms with Crippen LogP contribution in [0.1, 0.15) is 0 Å². The summed E-state index contributed by atoms with van der Waals surface area (Å²) < 4.78 is 1.15. The molecule has 0 spiro atoms. The smallest absolute Gasteiger partial charge is 0.423 e. The van der Waals surface area contributed by atoms with Crippen molar-refractivity contribution in [2.45, 2.75) is 0 Å². The van der Waals surface area contributed by atoms with Crippen molar-refractivity contribution in [1.82, 2.24) is 4.98 Å². The van der Waals surface area contributed by atoms with Crippen LogP contribution in [0.15, 0.2) is 21.3 Å². The molecule has 1 heterocycles. The van der Waals surface area contributed by atoms with E-state index in [1.165, 1.54) is 0 Å². The molecular weight excluding hydrogens is 277 g/mol. The van der Waals surface area contributed by atoms with Crippen molar-refractivity contribution in [2.75, 3.05) is 0 Å². The average molecular weight is 281 g/mol. The van der Waals surface area contributed by atoms with E-state index in [-0.39, 0.29) is 0 Å². The van der Waals surface area contributed by atoms with E-state index in [0.29, 0.717) is 14.5 Å². The number of hydrogen-bond acceptors (Lipinski definition) is 3. The van der Waals surface area contributed by atoms with Gasteiger partial charge in [0, 0.05) is 16.1 Å². The highest BCUT2D eigenvalue weighted by Crippen LogP contribution is 2.09. The molecule has 0 radical (unpaired) electrons. The van der Waals surface area contributed by atoms with Crippen molar-refractivity contribution in [1.29, 1.82) is 0 Å². The van der Waals surface area contributed by atoms with E-state index in [1.54, 1.807) is 12.3 Å². The molecule has 0 aromatic carbocycles. The van der Waals surface area contributed by atoms with Gasteiger partial charge in [-0.25, -0.2) is 4.98 Å². The van der Waals surface area contributed by atoms with E-state index in [1.807, 2.05) is 0 Å². The molecule has 0 saturated heterocycles. The fraction of sp³-hybridized carbons (Fsp3) is 0. The fourth-order valence-corrected chi connectivity index (χ4v) is 1.39. The molecule has 0 aliphatic rings. The molecule has 58 valence electrons. The van der Waals surface area contributed by atoms with Crippen molar-refractivity contribution < 1.29 is 10.0 Å². The Morgan fingerprint density at radius 3 is 2.45 bits per heavy atom. The molecule has 0 amide bonds. The van der Waals surface area contributed by atoms with Crippen LogP contribution in [-0.2, 0) is 0 Å². The van der Waals surface area contributed by atoms with Gasteiger partial charge in [-0.3, -0.25) is 0 Å². The van der Waals surface area contributed by atoms with Crippen LogP contribution in [0, 0.1) is 0 Å². The van der Waals surface area contributed by atoms with Gasteiger partial charge in [0.1, 0.15) is 4.60 Å². The maximum absolute atomic E-state index is 8.79. The topological polar surface area (TPSA) is 53.4 Å². The molecule has 0 atom stereocenters. The normalized spacial score (nSPS) is 9.82. The predicted octanol–water partition coefficient (Wildman–Crippen LogP) is 0.286. The standard InChI is InChI=1S/C5H4BBr2NO2/c7-3-1-4(6(10)11)5(8)9-2-3/h1-2,10-11H. The van der Waals surface area contributed by atoms with E-state index in [4.69, 9.17) is 10.0 Å². The van der Waals surface area contributed by atoms with Crippen LogP contribution in [0.2, 0.25) is 0 Å². The van der Waals surface area contributed by atoms with Crippen molar-refractivity contribution >= 4 is 44.4 Å². The highest BCUT2D eigenvalue weighted by atomic mass is 79.9. The van der Waals surface area contributed by atoms with Crippen molar-refractivity contribution in [3.8, 4) is 0 Å². The third-order valence-corrected chi connectivity index (χ3v) is 2.21. The van der Waals surface area contributed by atoms with E-state index in [2.05, 4.69) is 36.8 Å². The highest BCUT2D eigenvalue weighted by Gasteiger charge is 2.15. The summed E-state index contributed by atoms with van der Waals surface area (Å²) in [4.78, 5) is 3.85. The van der Waals surface area contributed by atoms with Crippen molar-refractivity contribution in [3.05, 3.63) is 21.3 Å². The number of nitrogens with zero attached hydrogens (tertiary/aromatic N) is 1. The van der Waals surface area contributed by atoms with Gasteiger partial charge in [-0.05, 0) is 37.9 Å². The van der Waals surface area contributed by atoms with Crippen LogP contribution in [0.25, 0.3) is 0 Å². The molecule has 1 aromatic heterocycles. The lowest BCUT2D eigenvalue weighted by Crippen LogP contribution is -2.31. The third-order valence-electron chi connectivity index (χ3n) is 1.11. The van der Waals surface area contributed by atoms with E-state index >= 15 is 0 Å². The van der Waals surface area contributed by atoms with Crippen LogP contribution < -0.4 is 5.46 Å². The van der Waals surface area contributed by atoms with Gasteiger partial charge in [-0.1, -0.05) is 0 Å². The third kappa shape index (κ3) is 2.26. The zero-order valence-electron chi connectivity index (χ0n) is 5.33. The van der Waals surface area contributed by atoms with Crippen LogP contribution in [-0.4, -0.2) is 22.2 Å². The van der Waals surface area contributed by atoms with E-state index < -0.39 is 7.12 Å². The summed E-state index contributed by atoms with van der Waals surface area (Å²) in [7, 11) is -1.49. The molecule has 0 aliphatic heterocycles. The first-order chi connectivity index (χ1) is 5.11. The number of rotatable bonds is 1. The molecule has 11 heavy (non-hydrogen) atoms. The lowest BCUT2D eigenvalue weighted by molar-refractivity contribution is 0.425. The molecule has 2 N–H and O–H groups in total. The molecule has 0 bridgehead atoms. The highest BCUT2D eigenvalue weighted by molar-refractivity contribution is 9.11. The van der Waals surface area contributed by atoms with Gasteiger partial charge in [0.05, 0.1) is 0 Å². The second-order valence-corrected chi connectivity index (χ2v) is 3.57. The zero-order valence-corrected chi connectivity index (χ0v) is 8.50. The second kappa shape index (κ2) is 3.66. The quantitative estimate of drug-likeness (QED) is 0.574. The summed E-state index contributed by atoms with van der Waals surface area (Å²) in [5.74, 6) is 0. The average Bonchev–Trinajstić information content (AvgIpc) is 1.94. The summed E-state index contributed by atoms with van der Waals surface area (Å²) in [6.07, 6.45) is 1.57. The van der Waals surface area contributed by atoms with Crippen LogP contribution in [0.3, 0.4) is 0 Å². The van der Waals surface area contributed by atoms with Crippen LogP contribution in [0.4, 0.5) is 0 Å². The summed E-state index contributed by atoms with van der Waals surface area (Å²) >= 11 is 6.24. The molecule has 0 unspecified atom stereocenters.